The average Bonchev–Trinajstić information content (AvgIpc) is 2.56. The van der Waals surface area contributed by atoms with E-state index >= 15 is 0 Å². The Morgan fingerprint density at radius 1 is 1.29 bits per heavy atom. The van der Waals surface area contributed by atoms with E-state index in [1.165, 1.54) is 16.7 Å². The van der Waals surface area contributed by atoms with Crippen LogP contribution in [0.4, 0.5) is 0 Å². The zero-order valence-corrected chi connectivity index (χ0v) is 8.95. The molecule has 0 bridgehead atoms. The first-order valence-corrected chi connectivity index (χ1v) is 5.07. The van der Waals surface area contributed by atoms with E-state index in [1.807, 2.05) is 0 Å². The summed E-state index contributed by atoms with van der Waals surface area (Å²) in [4.78, 5) is 0. The predicted molar refractivity (Wildman–Crippen MR) is 59.3 cm³/mol. The zero-order chi connectivity index (χ0) is 10.1. The normalized spacial score (nSPS) is 21.6. The summed E-state index contributed by atoms with van der Waals surface area (Å²) in [5, 5.41) is 0. The van der Waals surface area contributed by atoms with Gasteiger partial charge >= 0.3 is 0 Å². The minimum Gasteiger partial charge on any atom is -0.377 e. The molecule has 0 aromatic heterocycles. The lowest BCUT2D eigenvalue weighted by Crippen LogP contribution is -2.11. The van der Waals surface area contributed by atoms with E-state index < -0.39 is 0 Å². The third-order valence-electron chi connectivity index (χ3n) is 3.11. The molecule has 1 aromatic carbocycles. The Balaban J connectivity index is 2.36. The molecule has 0 heterocycles. The zero-order valence-electron chi connectivity index (χ0n) is 8.95. The van der Waals surface area contributed by atoms with Crippen LogP contribution < -0.4 is 0 Å². The van der Waals surface area contributed by atoms with Crippen LogP contribution >= 0.6 is 0 Å². The van der Waals surface area contributed by atoms with Crippen LogP contribution in [0, 0.1) is 0 Å². The van der Waals surface area contributed by atoms with E-state index in [9.17, 15) is 0 Å². The number of hydrogen-bond acceptors (Lipinski definition) is 1. The molecular formula is C13H16O. The summed E-state index contributed by atoms with van der Waals surface area (Å²) in [6.45, 7) is 4.35. The second kappa shape index (κ2) is 3.58. The minimum atomic E-state index is 0.220. The summed E-state index contributed by atoms with van der Waals surface area (Å²) < 4.78 is 5.37. The highest BCUT2D eigenvalue weighted by atomic mass is 16.5. The predicted octanol–water partition coefficient (Wildman–Crippen LogP) is 3.22. The Labute approximate surface area is 85.4 Å². The third kappa shape index (κ3) is 1.38. The summed E-state index contributed by atoms with van der Waals surface area (Å²) in [6.07, 6.45) is 2.48. The molecule has 1 heteroatoms. The standard InChI is InChI=1S/C13H16O/c1-9-12-7-5-4-6-11(12)8-13(9)10(2)14-3/h4-10H,1-3H3. The van der Waals surface area contributed by atoms with E-state index in [0.29, 0.717) is 5.92 Å². The molecule has 1 aliphatic rings. The molecule has 2 rings (SSSR count). The van der Waals surface area contributed by atoms with Gasteiger partial charge in [-0.25, -0.2) is 0 Å². The monoisotopic (exact) mass is 188 g/mol. The van der Waals surface area contributed by atoms with Crippen LogP contribution in [0.25, 0.3) is 6.08 Å². The fourth-order valence-electron chi connectivity index (χ4n) is 2.13. The first kappa shape index (κ1) is 9.47. The van der Waals surface area contributed by atoms with Crippen molar-refractivity contribution in [2.45, 2.75) is 25.9 Å². The molecule has 0 radical (unpaired) electrons. The SMILES string of the molecule is COC(C)C1=Cc2ccccc2C1C. The van der Waals surface area contributed by atoms with Gasteiger partial charge in [-0.2, -0.15) is 0 Å². The van der Waals surface area contributed by atoms with Gasteiger partial charge in [-0.1, -0.05) is 37.3 Å². The second-order valence-corrected chi connectivity index (χ2v) is 3.87. The summed E-state index contributed by atoms with van der Waals surface area (Å²) in [5.74, 6) is 0.501. The second-order valence-electron chi connectivity index (χ2n) is 3.87. The van der Waals surface area contributed by atoms with Crippen LogP contribution in [0.5, 0.6) is 0 Å². The number of benzene rings is 1. The maximum Gasteiger partial charge on any atom is 0.0762 e. The first-order chi connectivity index (χ1) is 6.74. The van der Waals surface area contributed by atoms with Crippen molar-refractivity contribution in [3.05, 3.63) is 41.0 Å². The molecule has 1 nitrogen and oxygen atoms in total. The Bertz CT molecular complexity index is 365. The number of rotatable bonds is 2. The van der Waals surface area contributed by atoms with Gasteiger partial charge < -0.3 is 4.74 Å². The molecule has 2 atom stereocenters. The molecule has 0 saturated carbocycles. The van der Waals surface area contributed by atoms with Crippen molar-refractivity contribution in [1.82, 2.24) is 0 Å². The van der Waals surface area contributed by atoms with Crippen LogP contribution in [0.3, 0.4) is 0 Å². The molecule has 0 saturated heterocycles. The molecule has 14 heavy (non-hydrogen) atoms. The van der Waals surface area contributed by atoms with E-state index in [-0.39, 0.29) is 6.10 Å². The van der Waals surface area contributed by atoms with Gasteiger partial charge in [-0.05, 0) is 23.6 Å². The molecule has 1 aliphatic carbocycles. The molecule has 0 fully saturated rings. The van der Waals surface area contributed by atoms with Crippen molar-refractivity contribution in [2.24, 2.45) is 0 Å². The summed E-state index contributed by atoms with van der Waals surface area (Å²) in [6, 6.07) is 8.55. The molecule has 2 unspecified atom stereocenters. The van der Waals surface area contributed by atoms with Gasteiger partial charge in [0.15, 0.2) is 0 Å². The smallest absolute Gasteiger partial charge is 0.0762 e. The lowest BCUT2D eigenvalue weighted by Gasteiger charge is -2.16. The molecule has 0 N–H and O–H groups in total. The van der Waals surface area contributed by atoms with E-state index in [2.05, 4.69) is 44.2 Å². The van der Waals surface area contributed by atoms with Crippen molar-refractivity contribution in [1.29, 1.82) is 0 Å². The maximum atomic E-state index is 5.37. The van der Waals surface area contributed by atoms with Crippen molar-refractivity contribution in [3.8, 4) is 0 Å². The van der Waals surface area contributed by atoms with Crippen LogP contribution in [0.2, 0.25) is 0 Å². The topological polar surface area (TPSA) is 9.23 Å². The van der Waals surface area contributed by atoms with Gasteiger partial charge in [0.2, 0.25) is 0 Å². The van der Waals surface area contributed by atoms with Crippen LogP contribution in [-0.2, 0) is 4.74 Å². The molecule has 0 spiro atoms. The lowest BCUT2D eigenvalue weighted by atomic mass is 9.95. The Hall–Kier alpha value is -1.08. The molecular weight excluding hydrogens is 172 g/mol. The van der Waals surface area contributed by atoms with Crippen LogP contribution in [0.15, 0.2) is 29.8 Å². The Morgan fingerprint density at radius 2 is 2.00 bits per heavy atom. The molecule has 74 valence electrons. The highest BCUT2D eigenvalue weighted by molar-refractivity contribution is 5.66. The van der Waals surface area contributed by atoms with Gasteiger partial charge in [-0.3, -0.25) is 0 Å². The van der Waals surface area contributed by atoms with Crippen molar-refractivity contribution < 1.29 is 4.74 Å². The van der Waals surface area contributed by atoms with Crippen molar-refractivity contribution in [2.75, 3.05) is 7.11 Å². The fourth-order valence-corrected chi connectivity index (χ4v) is 2.13. The van der Waals surface area contributed by atoms with Gasteiger partial charge in [0, 0.05) is 13.0 Å². The summed E-state index contributed by atoms with van der Waals surface area (Å²) in [5.41, 5.74) is 4.15. The molecule has 0 amide bonds. The number of ether oxygens (including phenoxy) is 1. The van der Waals surface area contributed by atoms with Gasteiger partial charge in [0.05, 0.1) is 6.10 Å². The Kier molecular flexibility index (Phi) is 2.42. The van der Waals surface area contributed by atoms with Crippen LogP contribution in [-0.4, -0.2) is 13.2 Å². The van der Waals surface area contributed by atoms with Crippen molar-refractivity contribution in [3.63, 3.8) is 0 Å². The fraction of sp³-hybridized carbons (Fsp3) is 0.385. The third-order valence-corrected chi connectivity index (χ3v) is 3.11. The van der Waals surface area contributed by atoms with E-state index in [1.54, 1.807) is 7.11 Å². The largest absolute Gasteiger partial charge is 0.377 e. The van der Waals surface area contributed by atoms with E-state index in [0.717, 1.165) is 0 Å². The van der Waals surface area contributed by atoms with E-state index in [4.69, 9.17) is 4.74 Å². The van der Waals surface area contributed by atoms with Gasteiger partial charge in [0.1, 0.15) is 0 Å². The number of hydrogen-bond donors (Lipinski definition) is 0. The first-order valence-electron chi connectivity index (χ1n) is 5.07. The van der Waals surface area contributed by atoms with Gasteiger partial charge in [-0.15, -0.1) is 0 Å². The minimum absolute atomic E-state index is 0.220. The number of fused-ring (bicyclic) bond motifs is 1. The van der Waals surface area contributed by atoms with Crippen molar-refractivity contribution >= 4 is 6.08 Å². The highest BCUT2D eigenvalue weighted by Crippen LogP contribution is 2.37. The molecule has 0 aliphatic heterocycles. The Morgan fingerprint density at radius 3 is 2.64 bits per heavy atom. The highest BCUT2D eigenvalue weighted by Gasteiger charge is 2.24. The van der Waals surface area contributed by atoms with Gasteiger partial charge in [0.25, 0.3) is 0 Å². The average molecular weight is 188 g/mol. The number of methoxy groups -OCH3 is 1. The summed E-state index contributed by atoms with van der Waals surface area (Å²) in [7, 11) is 1.77. The molecule has 1 aromatic rings. The quantitative estimate of drug-likeness (QED) is 0.692. The summed E-state index contributed by atoms with van der Waals surface area (Å²) >= 11 is 0. The lowest BCUT2D eigenvalue weighted by molar-refractivity contribution is 0.143. The van der Waals surface area contributed by atoms with Crippen LogP contribution in [0.1, 0.15) is 30.9 Å². The maximum absolute atomic E-state index is 5.37.